The molecule has 58 valence electrons. The molecule has 0 spiro atoms. The van der Waals surface area contributed by atoms with Crippen molar-refractivity contribution < 1.29 is 15.3 Å². The maximum absolute atomic E-state index is 8.51. The molecule has 0 saturated heterocycles. The molecule has 10 heavy (non-hydrogen) atoms. The van der Waals surface area contributed by atoms with Crippen LogP contribution < -0.4 is 0 Å². The van der Waals surface area contributed by atoms with E-state index in [4.69, 9.17) is 15.3 Å². The summed E-state index contributed by atoms with van der Waals surface area (Å²) < 4.78 is 0. The summed E-state index contributed by atoms with van der Waals surface area (Å²) in [6.07, 6.45) is 1.36. The molecule has 0 aromatic heterocycles. The fourth-order valence-electron chi connectivity index (χ4n) is 0.620. The molecule has 0 fully saturated rings. The van der Waals surface area contributed by atoms with Gasteiger partial charge in [-0.15, -0.1) is 0 Å². The van der Waals surface area contributed by atoms with Crippen LogP contribution in [0.1, 0.15) is 12.8 Å². The van der Waals surface area contributed by atoms with Crippen LogP contribution in [0.4, 0.5) is 0 Å². The van der Waals surface area contributed by atoms with Crippen LogP contribution in [-0.2, 0) is 0 Å². The molecular formula is C6H15NaO3. The normalized spacial score (nSPS) is 9.60. The minimum absolute atomic E-state index is 0. The average molecular weight is 158 g/mol. The van der Waals surface area contributed by atoms with Crippen LogP contribution in [0.2, 0.25) is 0 Å². The third kappa shape index (κ3) is 6.99. The third-order valence-electron chi connectivity index (χ3n) is 1.29. The van der Waals surface area contributed by atoms with Gasteiger partial charge in [0.05, 0.1) is 0 Å². The second kappa shape index (κ2) is 9.88. The molecule has 0 radical (unpaired) electrons. The first-order valence-electron chi connectivity index (χ1n) is 3.17. The summed E-state index contributed by atoms with van der Waals surface area (Å²) in [5, 5.41) is 25.4. The summed E-state index contributed by atoms with van der Waals surface area (Å²) in [7, 11) is 0. The molecule has 0 atom stereocenters. The summed E-state index contributed by atoms with van der Waals surface area (Å²) in [5.41, 5.74) is 0. The Morgan fingerprint density at radius 3 is 1.80 bits per heavy atom. The molecule has 3 nitrogen and oxygen atoms in total. The Morgan fingerprint density at radius 2 is 1.50 bits per heavy atom. The van der Waals surface area contributed by atoms with Crippen molar-refractivity contribution in [2.75, 3.05) is 19.8 Å². The van der Waals surface area contributed by atoms with Gasteiger partial charge in [-0.3, -0.25) is 0 Å². The zero-order valence-corrected chi connectivity index (χ0v) is 5.45. The third-order valence-corrected chi connectivity index (χ3v) is 1.29. The molecular weight excluding hydrogens is 143 g/mol. The van der Waals surface area contributed by atoms with E-state index in [1.54, 1.807) is 0 Å². The minimum atomic E-state index is -0.0443. The Morgan fingerprint density at radius 1 is 1.00 bits per heavy atom. The van der Waals surface area contributed by atoms with Crippen molar-refractivity contribution in [2.45, 2.75) is 12.8 Å². The van der Waals surface area contributed by atoms with Crippen LogP contribution >= 0.6 is 0 Å². The van der Waals surface area contributed by atoms with E-state index in [2.05, 4.69) is 0 Å². The van der Waals surface area contributed by atoms with Crippen molar-refractivity contribution in [3.8, 4) is 0 Å². The second-order valence-corrected chi connectivity index (χ2v) is 2.10. The first kappa shape index (κ1) is 13.5. The van der Waals surface area contributed by atoms with E-state index in [0.717, 1.165) is 0 Å². The van der Waals surface area contributed by atoms with Gasteiger partial charge in [-0.25, -0.2) is 0 Å². The Kier molecular flexibility index (Phi) is 13.3. The van der Waals surface area contributed by atoms with Gasteiger partial charge < -0.3 is 15.3 Å². The van der Waals surface area contributed by atoms with Gasteiger partial charge in [-0.1, -0.05) is 0 Å². The van der Waals surface area contributed by atoms with Gasteiger partial charge in [0.2, 0.25) is 0 Å². The van der Waals surface area contributed by atoms with Gasteiger partial charge in [-0.05, 0) is 12.8 Å². The van der Waals surface area contributed by atoms with E-state index in [9.17, 15) is 0 Å². The molecule has 0 aromatic rings. The Hall–Kier alpha value is 0.880. The van der Waals surface area contributed by atoms with Gasteiger partial charge in [0, 0.05) is 25.7 Å². The van der Waals surface area contributed by atoms with Crippen molar-refractivity contribution in [2.24, 2.45) is 5.92 Å². The molecule has 0 bridgehead atoms. The first-order valence-corrected chi connectivity index (χ1v) is 3.17. The standard InChI is InChI=1S/C6H14O3.Na.H/c7-3-1-2-6(4-8)5-9;;/h6-9H,1-5H2;;. The summed E-state index contributed by atoms with van der Waals surface area (Å²) in [4.78, 5) is 0. The first-order chi connectivity index (χ1) is 4.35. The van der Waals surface area contributed by atoms with E-state index in [0.29, 0.717) is 12.8 Å². The van der Waals surface area contributed by atoms with Crippen LogP contribution in [0.3, 0.4) is 0 Å². The molecule has 0 rings (SSSR count). The van der Waals surface area contributed by atoms with E-state index in [-0.39, 0.29) is 55.3 Å². The van der Waals surface area contributed by atoms with Gasteiger partial charge in [0.25, 0.3) is 0 Å². The molecule has 0 aliphatic rings. The fraction of sp³-hybridized carbons (Fsp3) is 1.00. The van der Waals surface area contributed by atoms with Crippen LogP contribution in [0.5, 0.6) is 0 Å². The van der Waals surface area contributed by atoms with Crippen LogP contribution in [0.25, 0.3) is 0 Å². The summed E-state index contributed by atoms with van der Waals surface area (Å²) in [6.45, 7) is 0.156. The summed E-state index contributed by atoms with van der Waals surface area (Å²) in [5.74, 6) is -0.0443. The molecule has 0 aliphatic heterocycles. The molecule has 0 heterocycles. The molecule has 0 aromatic carbocycles. The molecule has 3 N–H and O–H groups in total. The number of aliphatic hydroxyl groups excluding tert-OH is 3. The van der Waals surface area contributed by atoms with Crippen molar-refractivity contribution in [3.05, 3.63) is 0 Å². The topological polar surface area (TPSA) is 60.7 Å². The Balaban J connectivity index is 0. The number of rotatable bonds is 5. The molecule has 0 unspecified atom stereocenters. The van der Waals surface area contributed by atoms with Crippen molar-refractivity contribution in [1.82, 2.24) is 0 Å². The van der Waals surface area contributed by atoms with Crippen LogP contribution in [0.15, 0.2) is 0 Å². The fourth-order valence-corrected chi connectivity index (χ4v) is 0.620. The number of aliphatic hydroxyl groups is 3. The molecule has 4 heteroatoms. The zero-order chi connectivity index (χ0) is 7.11. The Bertz CT molecular complexity index is 57.0. The van der Waals surface area contributed by atoms with E-state index < -0.39 is 0 Å². The number of hydrogen-bond donors (Lipinski definition) is 3. The van der Waals surface area contributed by atoms with Gasteiger partial charge in [-0.2, -0.15) is 0 Å². The maximum atomic E-state index is 8.51. The monoisotopic (exact) mass is 158 g/mol. The van der Waals surface area contributed by atoms with Crippen molar-refractivity contribution in [1.29, 1.82) is 0 Å². The van der Waals surface area contributed by atoms with E-state index >= 15 is 0 Å². The SMILES string of the molecule is OCCCC(CO)CO.[NaH]. The Labute approximate surface area is 83.4 Å². The van der Waals surface area contributed by atoms with Crippen molar-refractivity contribution in [3.63, 3.8) is 0 Å². The van der Waals surface area contributed by atoms with E-state index in [1.165, 1.54) is 0 Å². The summed E-state index contributed by atoms with van der Waals surface area (Å²) in [6, 6.07) is 0. The predicted molar refractivity (Wildman–Crippen MR) is 41.1 cm³/mol. The second-order valence-electron chi connectivity index (χ2n) is 2.10. The average Bonchev–Trinajstić information content (AvgIpc) is 1.91. The van der Waals surface area contributed by atoms with Gasteiger partial charge >= 0.3 is 29.6 Å². The van der Waals surface area contributed by atoms with Gasteiger partial charge in [0.15, 0.2) is 0 Å². The number of hydrogen-bond acceptors (Lipinski definition) is 3. The zero-order valence-electron chi connectivity index (χ0n) is 5.45. The summed E-state index contributed by atoms with van der Waals surface area (Å²) >= 11 is 0. The molecule has 0 saturated carbocycles. The van der Waals surface area contributed by atoms with Gasteiger partial charge in [0.1, 0.15) is 0 Å². The molecule has 0 aliphatic carbocycles. The van der Waals surface area contributed by atoms with Crippen LogP contribution in [-0.4, -0.2) is 64.7 Å². The van der Waals surface area contributed by atoms with Crippen molar-refractivity contribution >= 4 is 29.6 Å². The molecule has 0 amide bonds. The van der Waals surface area contributed by atoms with Crippen LogP contribution in [0, 0.1) is 5.92 Å². The quantitative estimate of drug-likeness (QED) is 0.436. The van der Waals surface area contributed by atoms with E-state index in [1.807, 2.05) is 0 Å². The predicted octanol–water partition coefficient (Wildman–Crippen LogP) is -1.29.